The van der Waals surface area contributed by atoms with Crippen LogP contribution in [0.2, 0.25) is 5.02 Å². The Hall–Kier alpha value is -2.21. The molecule has 4 nitrogen and oxygen atoms in total. The van der Waals surface area contributed by atoms with Gasteiger partial charge in [0.2, 0.25) is 0 Å². The standard InChI is InChI=1S/C19H18ClFN2O2/c1-18(24,14-4-8-17(21)9-5-14)19(25,12-23-11-10-22-13-23)15-2-6-16(20)7-3-15/h2-11,13,24-25H,12H2,1H3. The zero-order chi connectivity index (χ0) is 18.1. The van der Waals surface area contributed by atoms with Crippen LogP contribution in [0.25, 0.3) is 0 Å². The lowest BCUT2D eigenvalue weighted by Gasteiger charge is -2.42. The fourth-order valence-corrected chi connectivity index (χ4v) is 3.04. The van der Waals surface area contributed by atoms with Gasteiger partial charge in [-0.2, -0.15) is 0 Å². The van der Waals surface area contributed by atoms with Gasteiger partial charge in [-0.3, -0.25) is 0 Å². The average Bonchev–Trinajstić information content (AvgIpc) is 3.08. The smallest absolute Gasteiger partial charge is 0.140 e. The van der Waals surface area contributed by atoms with Crippen molar-refractivity contribution >= 4 is 11.6 Å². The second-order valence-electron chi connectivity index (χ2n) is 6.18. The summed E-state index contributed by atoms with van der Waals surface area (Å²) in [6, 6.07) is 12.1. The summed E-state index contributed by atoms with van der Waals surface area (Å²) < 4.78 is 14.9. The van der Waals surface area contributed by atoms with Gasteiger partial charge in [-0.05, 0) is 42.3 Å². The Kier molecular flexibility index (Phi) is 4.64. The Labute approximate surface area is 150 Å². The monoisotopic (exact) mass is 360 g/mol. The SMILES string of the molecule is CC(O)(c1ccc(F)cc1)C(O)(Cn1ccnc1)c1ccc(Cl)cc1. The number of nitrogens with zero attached hydrogens (tertiary/aromatic N) is 2. The Morgan fingerprint density at radius 1 is 1.04 bits per heavy atom. The molecule has 0 aliphatic rings. The maximum Gasteiger partial charge on any atom is 0.140 e. The molecule has 0 spiro atoms. The molecule has 6 heteroatoms. The van der Waals surface area contributed by atoms with Gasteiger partial charge in [0.1, 0.15) is 17.0 Å². The minimum atomic E-state index is -1.70. The van der Waals surface area contributed by atoms with E-state index in [2.05, 4.69) is 4.98 Å². The molecule has 0 fully saturated rings. The van der Waals surface area contributed by atoms with Gasteiger partial charge in [0.15, 0.2) is 0 Å². The summed E-state index contributed by atoms with van der Waals surface area (Å²) in [6.07, 6.45) is 4.85. The summed E-state index contributed by atoms with van der Waals surface area (Å²) in [6.45, 7) is 1.56. The fraction of sp³-hybridized carbons (Fsp3) is 0.211. The number of hydrogen-bond acceptors (Lipinski definition) is 3. The van der Waals surface area contributed by atoms with Gasteiger partial charge < -0.3 is 14.8 Å². The van der Waals surface area contributed by atoms with Crippen molar-refractivity contribution in [3.05, 3.63) is 89.2 Å². The number of aliphatic hydroxyl groups is 2. The van der Waals surface area contributed by atoms with E-state index < -0.39 is 17.0 Å². The maximum absolute atomic E-state index is 13.3. The summed E-state index contributed by atoms with van der Waals surface area (Å²) in [5.41, 5.74) is -2.51. The molecular weight excluding hydrogens is 343 g/mol. The number of aromatic nitrogens is 2. The summed E-state index contributed by atoms with van der Waals surface area (Å²) in [4.78, 5) is 3.98. The molecule has 0 aliphatic carbocycles. The first-order chi connectivity index (χ1) is 11.8. The van der Waals surface area contributed by atoms with Crippen LogP contribution in [0.5, 0.6) is 0 Å². The summed E-state index contributed by atoms with van der Waals surface area (Å²) >= 11 is 5.95. The van der Waals surface area contributed by atoms with Crippen LogP contribution in [-0.2, 0) is 17.7 Å². The van der Waals surface area contributed by atoms with Gasteiger partial charge >= 0.3 is 0 Å². The molecule has 2 atom stereocenters. The Bertz CT molecular complexity index is 833. The van der Waals surface area contributed by atoms with Crippen LogP contribution in [0.3, 0.4) is 0 Å². The third kappa shape index (κ3) is 3.31. The highest BCUT2D eigenvalue weighted by Gasteiger charge is 2.48. The van der Waals surface area contributed by atoms with Gasteiger partial charge in [-0.15, -0.1) is 0 Å². The van der Waals surface area contributed by atoms with Crippen molar-refractivity contribution < 1.29 is 14.6 Å². The second kappa shape index (κ2) is 6.59. The second-order valence-corrected chi connectivity index (χ2v) is 6.62. The van der Waals surface area contributed by atoms with E-state index in [0.29, 0.717) is 16.1 Å². The molecule has 2 N–H and O–H groups in total. The first kappa shape index (κ1) is 17.6. The van der Waals surface area contributed by atoms with Crippen LogP contribution < -0.4 is 0 Å². The Morgan fingerprint density at radius 3 is 2.20 bits per heavy atom. The van der Waals surface area contributed by atoms with Crippen molar-refractivity contribution in [2.75, 3.05) is 0 Å². The molecule has 25 heavy (non-hydrogen) atoms. The Morgan fingerprint density at radius 2 is 1.64 bits per heavy atom. The van der Waals surface area contributed by atoms with E-state index in [4.69, 9.17) is 11.6 Å². The topological polar surface area (TPSA) is 58.3 Å². The van der Waals surface area contributed by atoms with Crippen LogP contribution in [0.4, 0.5) is 4.39 Å². The molecule has 0 bridgehead atoms. The minimum Gasteiger partial charge on any atom is -0.382 e. The molecule has 1 aromatic heterocycles. The van der Waals surface area contributed by atoms with Crippen molar-refractivity contribution in [1.29, 1.82) is 0 Å². The lowest BCUT2D eigenvalue weighted by Crippen LogP contribution is -2.50. The van der Waals surface area contributed by atoms with Crippen molar-refractivity contribution in [1.82, 2.24) is 9.55 Å². The molecule has 0 aliphatic heterocycles. The largest absolute Gasteiger partial charge is 0.382 e. The van der Waals surface area contributed by atoms with Crippen molar-refractivity contribution in [3.8, 4) is 0 Å². The zero-order valence-electron chi connectivity index (χ0n) is 13.6. The van der Waals surface area contributed by atoms with Gasteiger partial charge in [0.25, 0.3) is 0 Å². The molecule has 2 unspecified atom stereocenters. The molecule has 2 aromatic carbocycles. The van der Waals surface area contributed by atoms with Crippen LogP contribution in [0, 0.1) is 5.82 Å². The number of benzene rings is 2. The van der Waals surface area contributed by atoms with E-state index in [1.807, 2.05) is 0 Å². The number of hydrogen-bond donors (Lipinski definition) is 2. The molecule has 130 valence electrons. The predicted octanol–water partition coefficient (Wildman–Crippen LogP) is 3.47. The highest BCUT2D eigenvalue weighted by Crippen LogP contribution is 2.42. The highest BCUT2D eigenvalue weighted by atomic mass is 35.5. The van der Waals surface area contributed by atoms with Crippen LogP contribution >= 0.6 is 11.6 Å². The molecular formula is C19H18ClFN2O2. The number of imidazole rings is 1. The van der Waals surface area contributed by atoms with Crippen molar-refractivity contribution in [3.63, 3.8) is 0 Å². The first-order valence-corrected chi connectivity index (χ1v) is 8.13. The third-order valence-electron chi connectivity index (χ3n) is 4.50. The van der Waals surface area contributed by atoms with E-state index in [0.717, 1.165) is 0 Å². The molecule has 0 radical (unpaired) electrons. The summed E-state index contributed by atoms with van der Waals surface area (Å²) in [5.74, 6) is -0.413. The molecule has 0 saturated carbocycles. The van der Waals surface area contributed by atoms with Crippen LogP contribution in [0.1, 0.15) is 18.1 Å². The van der Waals surface area contributed by atoms with E-state index >= 15 is 0 Å². The quantitative estimate of drug-likeness (QED) is 0.732. The maximum atomic E-state index is 13.3. The van der Waals surface area contributed by atoms with Crippen LogP contribution in [0.15, 0.2) is 67.3 Å². The third-order valence-corrected chi connectivity index (χ3v) is 4.76. The van der Waals surface area contributed by atoms with Crippen molar-refractivity contribution in [2.45, 2.75) is 24.7 Å². The normalized spacial score (nSPS) is 16.2. The van der Waals surface area contributed by atoms with E-state index in [9.17, 15) is 14.6 Å². The molecule has 3 aromatic rings. The van der Waals surface area contributed by atoms with Gasteiger partial charge in [0.05, 0.1) is 12.9 Å². The van der Waals surface area contributed by atoms with E-state index in [1.165, 1.54) is 31.2 Å². The zero-order valence-corrected chi connectivity index (χ0v) is 14.4. The molecule has 0 amide bonds. The van der Waals surface area contributed by atoms with Crippen LogP contribution in [-0.4, -0.2) is 19.8 Å². The minimum absolute atomic E-state index is 0.0546. The van der Waals surface area contributed by atoms with Gasteiger partial charge in [-0.25, -0.2) is 9.37 Å². The lowest BCUT2D eigenvalue weighted by molar-refractivity contribution is -0.163. The fourth-order valence-electron chi connectivity index (χ4n) is 2.91. The van der Waals surface area contributed by atoms with E-state index in [-0.39, 0.29) is 6.54 Å². The predicted molar refractivity (Wildman–Crippen MR) is 93.5 cm³/mol. The lowest BCUT2D eigenvalue weighted by atomic mass is 9.74. The molecule has 0 saturated heterocycles. The van der Waals surface area contributed by atoms with E-state index in [1.54, 1.807) is 47.6 Å². The number of rotatable bonds is 5. The van der Waals surface area contributed by atoms with Gasteiger partial charge in [-0.1, -0.05) is 35.9 Å². The average molecular weight is 361 g/mol. The van der Waals surface area contributed by atoms with Gasteiger partial charge in [0, 0.05) is 17.4 Å². The Balaban J connectivity index is 2.12. The van der Waals surface area contributed by atoms with Crippen molar-refractivity contribution in [2.24, 2.45) is 0 Å². The first-order valence-electron chi connectivity index (χ1n) is 7.75. The molecule has 3 rings (SSSR count). The number of halogens is 2. The highest BCUT2D eigenvalue weighted by molar-refractivity contribution is 6.30. The molecule has 1 heterocycles. The summed E-state index contributed by atoms with van der Waals surface area (Å²) in [7, 11) is 0. The summed E-state index contributed by atoms with van der Waals surface area (Å²) in [5, 5.41) is 23.4.